The fourth-order valence-corrected chi connectivity index (χ4v) is 3.11. The van der Waals surface area contributed by atoms with E-state index in [4.69, 9.17) is 11.6 Å². The third-order valence-corrected chi connectivity index (χ3v) is 4.20. The molecule has 2 aromatic carbocycles. The molecule has 0 heterocycles. The molecule has 120 valence electrons. The van der Waals surface area contributed by atoms with Gasteiger partial charge in [0, 0.05) is 4.47 Å². The second-order valence-electron chi connectivity index (χ2n) is 5.33. The van der Waals surface area contributed by atoms with Crippen LogP contribution in [0.5, 0.6) is 0 Å². The van der Waals surface area contributed by atoms with Gasteiger partial charge in [0.15, 0.2) is 0 Å². The lowest BCUT2D eigenvalue weighted by Crippen LogP contribution is -2.29. The number of hydrogen-bond acceptors (Lipinski definition) is 2. The zero-order valence-electron chi connectivity index (χ0n) is 13.0. The van der Waals surface area contributed by atoms with E-state index in [2.05, 4.69) is 26.6 Å². The Balaban J connectivity index is 2.13. The Kier molecular flexibility index (Phi) is 5.44. The van der Waals surface area contributed by atoms with E-state index in [1.54, 1.807) is 12.1 Å². The fourth-order valence-electron chi connectivity index (χ4n) is 2.14. The van der Waals surface area contributed by atoms with Crippen LogP contribution in [0.15, 0.2) is 34.8 Å². The maximum atomic E-state index is 12.1. The molecule has 0 bridgehead atoms. The molecule has 23 heavy (non-hydrogen) atoms. The number of aryl methyl sites for hydroxylation is 3. The van der Waals surface area contributed by atoms with E-state index in [-0.39, 0.29) is 0 Å². The van der Waals surface area contributed by atoms with Gasteiger partial charge < -0.3 is 10.6 Å². The van der Waals surface area contributed by atoms with Crippen LogP contribution in [-0.4, -0.2) is 11.8 Å². The Bertz CT molecular complexity index is 767. The first-order valence-electron chi connectivity index (χ1n) is 6.93. The third-order valence-electron chi connectivity index (χ3n) is 3.25. The van der Waals surface area contributed by atoms with Crippen LogP contribution in [0.3, 0.4) is 0 Å². The number of carbonyl (C=O) groups excluding carboxylic acids is 2. The number of benzene rings is 2. The molecule has 0 spiro atoms. The summed E-state index contributed by atoms with van der Waals surface area (Å²) in [6.07, 6.45) is 0. The molecule has 0 saturated carbocycles. The molecule has 2 rings (SSSR count). The van der Waals surface area contributed by atoms with Crippen molar-refractivity contribution < 1.29 is 9.59 Å². The summed E-state index contributed by atoms with van der Waals surface area (Å²) in [6.45, 7) is 5.67. The minimum absolute atomic E-state index is 0.403. The van der Waals surface area contributed by atoms with Crippen LogP contribution >= 0.6 is 27.5 Å². The van der Waals surface area contributed by atoms with Crippen molar-refractivity contribution in [1.29, 1.82) is 0 Å². The molecule has 2 aromatic rings. The molecule has 6 heteroatoms. The Morgan fingerprint density at radius 1 is 0.957 bits per heavy atom. The van der Waals surface area contributed by atoms with Crippen LogP contribution in [0.2, 0.25) is 5.02 Å². The smallest absolute Gasteiger partial charge is 0.314 e. The molecular weight excluding hydrogens is 380 g/mol. The van der Waals surface area contributed by atoms with Gasteiger partial charge in [0.05, 0.1) is 16.4 Å². The van der Waals surface area contributed by atoms with Crippen LogP contribution in [0.25, 0.3) is 0 Å². The lowest BCUT2D eigenvalue weighted by Gasteiger charge is -2.12. The zero-order chi connectivity index (χ0) is 17.1. The SMILES string of the molecule is Cc1cc(C)c(NC(=O)C(=O)Nc2ccc(C)cc2Br)c(Cl)c1. The monoisotopic (exact) mass is 394 g/mol. The number of anilines is 2. The quantitative estimate of drug-likeness (QED) is 0.730. The summed E-state index contributed by atoms with van der Waals surface area (Å²) >= 11 is 9.49. The van der Waals surface area contributed by atoms with Gasteiger partial charge in [-0.3, -0.25) is 9.59 Å². The molecule has 4 nitrogen and oxygen atoms in total. The summed E-state index contributed by atoms with van der Waals surface area (Å²) < 4.78 is 0.711. The highest BCUT2D eigenvalue weighted by Gasteiger charge is 2.17. The van der Waals surface area contributed by atoms with Crippen molar-refractivity contribution in [2.75, 3.05) is 10.6 Å². The summed E-state index contributed by atoms with van der Waals surface area (Å²) in [5, 5.41) is 5.53. The van der Waals surface area contributed by atoms with E-state index < -0.39 is 11.8 Å². The Labute approximate surface area is 148 Å². The predicted molar refractivity (Wildman–Crippen MR) is 97.1 cm³/mol. The molecule has 0 unspecified atom stereocenters. The number of carbonyl (C=O) groups is 2. The predicted octanol–water partition coefficient (Wildman–Crippen LogP) is 4.60. The van der Waals surface area contributed by atoms with E-state index in [1.807, 2.05) is 39.0 Å². The average Bonchev–Trinajstić information content (AvgIpc) is 2.45. The largest absolute Gasteiger partial charge is 0.317 e. The second kappa shape index (κ2) is 7.15. The van der Waals surface area contributed by atoms with Gasteiger partial charge in [-0.2, -0.15) is 0 Å². The summed E-state index contributed by atoms with van der Waals surface area (Å²) in [5.41, 5.74) is 3.80. The molecular formula is C17H16BrClN2O2. The first kappa shape index (κ1) is 17.5. The highest BCUT2D eigenvalue weighted by molar-refractivity contribution is 9.10. The lowest BCUT2D eigenvalue weighted by molar-refractivity contribution is -0.133. The Hall–Kier alpha value is -1.85. The zero-order valence-corrected chi connectivity index (χ0v) is 15.3. The van der Waals surface area contributed by atoms with Gasteiger partial charge in [0.1, 0.15) is 0 Å². The number of amides is 2. The summed E-state index contributed by atoms with van der Waals surface area (Å²) in [4.78, 5) is 24.1. The van der Waals surface area contributed by atoms with E-state index in [0.29, 0.717) is 20.9 Å². The van der Waals surface area contributed by atoms with Gasteiger partial charge in [-0.25, -0.2) is 0 Å². The second-order valence-corrected chi connectivity index (χ2v) is 6.59. The molecule has 0 aliphatic carbocycles. The normalized spacial score (nSPS) is 10.3. The minimum atomic E-state index is -0.772. The van der Waals surface area contributed by atoms with Gasteiger partial charge in [-0.15, -0.1) is 0 Å². The fraction of sp³-hybridized carbons (Fsp3) is 0.176. The van der Waals surface area contributed by atoms with E-state index in [9.17, 15) is 9.59 Å². The lowest BCUT2D eigenvalue weighted by atomic mass is 10.1. The van der Waals surface area contributed by atoms with Crippen molar-refractivity contribution in [3.8, 4) is 0 Å². The van der Waals surface area contributed by atoms with E-state index in [0.717, 1.165) is 16.7 Å². The molecule has 0 aliphatic heterocycles. The third kappa shape index (κ3) is 4.33. The van der Waals surface area contributed by atoms with E-state index >= 15 is 0 Å². The highest BCUT2D eigenvalue weighted by Crippen LogP contribution is 2.27. The highest BCUT2D eigenvalue weighted by atomic mass is 79.9. The van der Waals surface area contributed by atoms with Gasteiger partial charge in [0.2, 0.25) is 0 Å². The van der Waals surface area contributed by atoms with Gasteiger partial charge in [-0.1, -0.05) is 23.7 Å². The molecule has 2 amide bonds. The Morgan fingerprint density at radius 3 is 2.22 bits per heavy atom. The summed E-state index contributed by atoms with van der Waals surface area (Å²) in [7, 11) is 0. The molecule has 0 aromatic heterocycles. The van der Waals surface area contributed by atoms with Crippen LogP contribution in [-0.2, 0) is 9.59 Å². The molecule has 0 radical (unpaired) electrons. The molecule has 0 atom stereocenters. The van der Waals surface area contributed by atoms with Gasteiger partial charge in [-0.05, 0) is 71.6 Å². The van der Waals surface area contributed by atoms with E-state index in [1.165, 1.54) is 0 Å². The maximum absolute atomic E-state index is 12.1. The number of hydrogen-bond donors (Lipinski definition) is 2. The van der Waals surface area contributed by atoms with Crippen LogP contribution in [0.4, 0.5) is 11.4 Å². The average molecular weight is 396 g/mol. The van der Waals surface area contributed by atoms with Crippen molar-refractivity contribution in [1.82, 2.24) is 0 Å². The molecule has 0 fully saturated rings. The van der Waals surface area contributed by atoms with Crippen molar-refractivity contribution >= 4 is 50.7 Å². The van der Waals surface area contributed by atoms with Crippen LogP contribution in [0.1, 0.15) is 16.7 Å². The van der Waals surface area contributed by atoms with Crippen LogP contribution in [0, 0.1) is 20.8 Å². The first-order chi connectivity index (χ1) is 10.8. The first-order valence-corrected chi connectivity index (χ1v) is 8.10. The van der Waals surface area contributed by atoms with Crippen LogP contribution < -0.4 is 10.6 Å². The van der Waals surface area contributed by atoms with Crippen molar-refractivity contribution in [3.63, 3.8) is 0 Å². The minimum Gasteiger partial charge on any atom is -0.317 e. The molecule has 0 saturated heterocycles. The topological polar surface area (TPSA) is 58.2 Å². The standard InChI is InChI=1S/C17H16BrClN2O2/c1-9-4-5-14(12(18)7-9)20-16(22)17(23)21-15-11(3)6-10(2)8-13(15)19/h4-8H,1-3H3,(H,20,22)(H,21,23). The summed E-state index contributed by atoms with van der Waals surface area (Å²) in [6, 6.07) is 9.05. The summed E-state index contributed by atoms with van der Waals surface area (Å²) in [5.74, 6) is -1.53. The van der Waals surface area contributed by atoms with Crippen molar-refractivity contribution in [2.45, 2.75) is 20.8 Å². The molecule has 0 aliphatic rings. The molecule has 2 N–H and O–H groups in total. The van der Waals surface area contributed by atoms with Gasteiger partial charge in [0.25, 0.3) is 0 Å². The van der Waals surface area contributed by atoms with Gasteiger partial charge >= 0.3 is 11.8 Å². The van der Waals surface area contributed by atoms with Crippen molar-refractivity contribution in [2.24, 2.45) is 0 Å². The number of halogens is 2. The number of nitrogens with one attached hydrogen (secondary N) is 2. The van der Waals surface area contributed by atoms with Crippen molar-refractivity contribution in [3.05, 3.63) is 56.5 Å². The Morgan fingerprint density at radius 2 is 1.61 bits per heavy atom. The number of rotatable bonds is 2. The maximum Gasteiger partial charge on any atom is 0.314 e.